The summed E-state index contributed by atoms with van der Waals surface area (Å²) in [4.78, 5) is 3.53. The summed E-state index contributed by atoms with van der Waals surface area (Å²) in [5.41, 5.74) is 7.83. The number of aromatic nitrogens is 2. The van der Waals surface area contributed by atoms with E-state index in [1.165, 1.54) is 4.88 Å². The van der Waals surface area contributed by atoms with Crippen molar-refractivity contribution in [1.29, 1.82) is 0 Å². The van der Waals surface area contributed by atoms with Crippen molar-refractivity contribution in [3.63, 3.8) is 0 Å². The van der Waals surface area contributed by atoms with Gasteiger partial charge in [-0.25, -0.2) is 4.68 Å². The minimum absolute atomic E-state index is 0.300. The molecule has 0 amide bonds. The smallest absolute Gasteiger partial charge is 0.150 e. The van der Waals surface area contributed by atoms with E-state index in [1.807, 2.05) is 11.6 Å². The molecule has 5 heteroatoms. The van der Waals surface area contributed by atoms with Crippen molar-refractivity contribution in [2.45, 2.75) is 33.4 Å². The highest BCUT2D eigenvalue weighted by atomic mass is 32.1. The van der Waals surface area contributed by atoms with Crippen molar-refractivity contribution in [2.75, 3.05) is 17.7 Å². The van der Waals surface area contributed by atoms with E-state index in [1.54, 1.807) is 11.3 Å². The Balaban J connectivity index is 2.36. The van der Waals surface area contributed by atoms with Gasteiger partial charge >= 0.3 is 0 Å². The van der Waals surface area contributed by atoms with E-state index in [0.717, 1.165) is 23.7 Å². The first-order valence-electron chi connectivity index (χ1n) is 6.15. The van der Waals surface area contributed by atoms with E-state index < -0.39 is 0 Å². The van der Waals surface area contributed by atoms with Gasteiger partial charge in [0.15, 0.2) is 5.82 Å². The molecule has 0 saturated heterocycles. The zero-order valence-electron chi connectivity index (χ0n) is 11.3. The highest BCUT2D eigenvalue weighted by Crippen LogP contribution is 2.33. The maximum Gasteiger partial charge on any atom is 0.150 e. The molecule has 1 atom stereocenters. The molecule has 2 N–H and O–H groups in total. The second kappa shape index (κ2) is 5.02. The van der Waals surface area contributed by atoms with Gasteiger partial charge in [0.25, 0.3) is 0 Å². The average Bonchev–Trinajstić information content (AvgIpc) is 2.97. The Labute approximate surface area is 112 Å². The summed E-state index contributed by atoms with van der Waals surface area (Å²) in [6.45, 7) is 7.05. The van der Waals surface area contributed by atoms with E-state index in [-0.39, 0.29) is 0 Å². The molecule has 2 aromatic heterocycles. The van der Waals surface area contributed by atoms with Gasteiger partial charge in [0.2, 0.25) is 0 Å². The van der Waals surface area contributed by atoms with E-state index in [4.69, 9.17) is 5.73 Å². The van der Waals surface area contributed by atoms with Gasteiger partial charge in [-0.05, 0) is 32.2 Å². The van der Waals surface area contributed by atoms with Crippen LogP contribution in [0.15, 0.2) is 17.5 Å². The summed E-state index contributed by atoms with van der Waals surface area (Å²) in [7, 11) is 2.07. The molecule has 0 spiro atoms. The summed E-state index contributed by atoms with van der Waals surface area (Å²) in [6.07, 6.45) is 0. The number of rotatable bonds is 4. The van der Waals surface area contributed by atoms with E-state index in [2.05, 4.69) is 48.4 Å². The van der Waals surface area contributed by atoms with Crippen LogP contribution in [0.25, 0.3) is 0 Å². The number of anilines is 2. The second-order valence-electron chi connectivity index (χ2n) is 4.44. The van der Waals surface area contributed by atoms with Crippen LogP contribution in [0.2, 0.25) is 0 Å². The quantitative estimate of drug-likeness (QED) is 0.923. The Kier molecular flexibility index (Phi) is 3.61. The molecular weight excluding hydrogens is 244 g/mol. The molecule has 0 radical (unpaired) electrons. The number of nitrogens with two attached hydrogens (primary N) is 1. The molecule has 2 heterocycles. The van der Waals surface area contributed by atoms with Crippen LogP contribution in [0.5, 0.6) is 0 Å². The summed E-state index contributed by atoms with van der Waals surface area (Å²) >= 11 is 1.77. The standard InChI is InChI=1S/C13H20N4S/c1-5-17-13(12(14)9(2)15-17)16(4)10(3)11-7-6-8-18-11/h6-8,10H,5,14H2,1-4H3. The highest BCUT2D eigenvalue weighted by Gasteiger charge is 2.21. The summed E-state index contributed by atoms with van der Waals surface area (Å²) in [5, 5.41) is 6.57. The van der Waals surface area contributed by atoms with E-state index in [9.17, 15) is 0 Å². The van der Waals surface area contributed by atoms with Crippen molar-refractivity contribution < 1.29 is 0 Å². The Morgan fingerprint density at radius 1 is 1.56 bits per heavy atom. The molecule has 0 aromatic carbocycles. The molecule has 98 valence electrons. The van der Waals surface area contributed by atoms with E-state index >= 15 is 0 Å². The molecule has 0 bridgehead atoms. The van der Waals surface area contributed by atoms with Crippen LogP contribution in [-0.2, 0) is 6.54 Å². The predicted octanol–water partition coefficient (Wildman–Crippen LogP) is 3.05. The molecule has 0 aliphatic carbocycles. The van der Waals surface area contributed by atoms with Gasteiger partial charge < -0.3 is 10.6 Å². The van der Waals surface area contributed by atoms with Crippen LogP contribution in [-0.4, -0.2) is 16.8 Å². The van der Waals surface area contributed by atoms with Crippen molar-refractivity contribution >= 4 is 22.8 Å². The van der Waals surface area contributed by atoms with Gasteiger partial charge in [-0.1, -0.05) is 6.07 Å². The predicted molar refractivity (Wildman–Crippen MR) is 78.2 cm³/mol. The van der Waals surface area contributed by atoms with Gasteiger partial charge in [0.1, 0.15) is 0 Å². The van der Waals surface area contributed by atoms with Crippen molar-refractivity contribution in [3.8, 4) is 0 Å². The third kappa shape index (κ3) is 2.10. The number of aryl methyl sites for hydroxylation is 2. The topological polar surface area (TPSA) is 47.1 Å². The first-order valence-corrected chi connectivity index (χ1v) is 7.03. The van der Waals surface area contributed by atoms with Crippen molar-refractivity contribution in [2.24, 2.45) is 0 Å². The maximum atomic E-state index is 6.15. The van der Waals surface area contributed by atoms with Gasteiger partial charge in [0.05, 0.1) is 17.4 Å². The lowest BCUT2D eigenvalue weighted by atomic mass is 10.2. The van der Waals surface area contributed by atoms with Gasteiger partial charge in [0, 0.05) is 18.5 Å². The number of hydrogen-bond donors (Lipinski definition) is 1. The lowest BCUT2D eigenvalue weighted by Gasteiger charge is -2.27. The number of thiophene rings is 1. The molecule has 1 unspecified atom stereocenters. The molecule has 2 aromatic rings. The molecule has 0 aliphatic rings. The first-order chi connectivity index (χ1) is 8.56. The number of nitrogen functional groups attached to an aromatic ring is 1. The summed E-state index contributed by atoms with van der Waals surface area (Å²) < 4.78 is 1.97. The van der Waals surface area contributed by atoms with Crippen LogP contribution in [0.1, 0.15) is 30.5 Å². The molecular formula is C13H20N4S. The Hall–Kier alpha value is -1.49. The SMILES string of the molecule is CCn1nc(C)c(N)c1N(C)C(C)c1cccs1. The van der Waals surface area contributed by atoms with Gasteiger partial charge in [-0.3, -0.25) is 0 Å². The fourth-order valence-electron chi connectivity index (χ4n) is 2.08. The Bertz CT molecular complexity index is 515. The lowest BCUT2D eigenvalue weighted by Crippen LogP contribution is -2.24. The molecule has 18 heavy (non-hydrogen) atoms. The molecule has 0 aliphatic heterocycles. The number of hydrogen-bond acceptors (Lipinski definition) is 4. The largest absolute Gasteiger partial charge is 0.394 e. The second-order valence-corrected chi connectivity index (χ2v) is 5.42. The van der Waals surface area contributed by atoms with Gasteiger partial charge in [-0.15, -0.1) is 11.3 Å². The van der Waals surface area contributed by atoms with Crippen LogP contribution in [0, 0.1) is 6.92 Å². The first kappa shape index (κ1) is 13.0. The maximum absolute atomic E-state index is 6.15. The van der Waals surface area contributed by atoms with Crippen LogP contribution >= 0.6 is 11.3 Å². The Morgan fingerprint density at radius 3 is 2.83 bits per heavy atom. The zero-order valence-corrected chi connectivity index (χ0v) is 12.2. The number of nitrogens with zero attached hydrogens (tertiary/aromatic N) is 3. The average molecular weight is 264 g/mol. The molecule has 4 nitrogen and oxygen atoms in total. The highest BCUT2D eigenvalue weighted by molar-refractivity contribution is 7.10. The lowest BCUT2D eigenvalue weighted by molar-refractivity contribution is 0.621. The summed E-state index contributed by atoms with van der Waals surface area (Å²) in [5.74, 6) is 1.01. The van der Waals surface area contributed by atoms with Gasteiger partial charge in [-0.2, -0.15) is 5.10 Å². The summed E-state index contributed by atoms with van der Waals surface area (Å²) in [6, 6.07) is 4.53. The van der Waals surface area contributed by atoms with Crippen LogP contribution < -0.4 is 10.6 Å². The minimum atomic E-state index is 0.300. The molecule has 0 saturated carbocycles. The van der Waals surface area contributed by atoms with Crippen molar-refractivity contribution in [3.05, 3.63) is 28.1 Å². The fraction of sp³-hybridized carbons (Fsp3) is 0.462. The third-order valence-corrected chi connectivity index (χ3v) is 4.36. The molecule has 0 fully saturated rings. The molecule has 2 rings (SSSR count). The fourth-order valence-corrected chi connectivity index (χ4v) is 2.91. The minimum Gasteiger partial charge on any atom is -0.394 e. The van der Waals surface area contributed by atoms with Crippen LogP contribution in [0.3, 0.4) is 0 Å². The van der Waals surface area contributed by atoms with E-state index in [0.29, 0.717) is 6.04 Å². The zero-order chi connectivity index (χ0) is 13.3. The van der Waals surface area contributed by atoms with Crippen LogP contribution in [0.4, 0.5) is 11.5 Å². The monoisotopic (exact) mass is 264 g/mol. The third-order valence-electron chi connectivity index (χ3n) is 3.32. The normalized spacial score (nSPS) is 12.7. The van der Waals surface area contributed by atoms with Crippen molar-refractivity contribution in [1.82, 2.24) is 9.78 Å². The Morgan fingerprint density at radius 2 is 2.28 bits per heavy atom.